The van der Waals surface area contributed by atoms with Gasteiger partial charge in [-0.1, -0.05) is 74.5 Å². The number of carbonyl (C=O) groups excluding carboxylic acids is 2. The van der Waals surface area contributed by atoms with Crippen molar-refractivity contribution in [1.29, 1.82) is 0 Å². The molecule has 1 N–H and O–H groups in total. The topological polar surface area (TPSA) is 55.4 Å². The highest BCUT2D eigenvalue weighted by atomic mass is 16.5. The number of nitrogens with one attached hydrogen (secondary N) is 1. The molecule has 1 unspecified atom stereocenters. The summed E-state index contributed by atoms with van der Waals surface area (Å²) in [6.07, 6.45) is 0.536. The number of ether oxygens (including phenoxy) is 1. The van der Waals surface area contributed by atoms with E-state index in [1.165, 1.54) is 7.11 Å². The fraction of sp³-hybridized carbons (Fsp3) is 0.333. The Kier molecular flexibility index (Phi) is 6.75. The number of rotatable bonds is 7. The minimum atomic E-state index is -0.646. The van der Waals surface area contributed by atoms with Crippen LogP contribution in [0.2, 0.25) is 0 Å². The summed E-state index contributed by atoms with van der Waals surface area (Å²) in [7, 11) is 1.34. The van der Waals surface area contributed by atoms with E-state index < -0.39 is 17.9 Å². The molecule has 0 heterocycles. The number of benzene rings is 2. The number of hydrogen-bond donors (Lipinski definition) is 1. The van der Waals surface area contributed by atoms with Crippen molar-refractivity contribution in [2.24, 2.45) is 5.92 Å². The van der Waals surface area contributed by atoms with E-state index in [9.17, 15) is 9.59 Å². The standard InChI is InChI=1S/C21H25NO3/c1-15(2)14-18(21(24)25-3)22-20(23)19(16-10-6-4-7-11-16)17-12-8-5-9-13-17/h4-13,15,18-19H,14H2,1-3H3,(H,22,23). The lowest BCUT2D eigenvalue weighted by molar-refractivity contribution is -0.145. The molecule has 0 aromatic heterocycles. The average molecular weight is 339 g/mol. The Hall–Kier alpha value is -2.62. The van der Waals surface area contributed by atoms with E-state index in [0.29, 0.717) is 6.42 Å². The van der Waals surface area contributed by atoms with Gasteiger partial charge in [0.05, 0.1) is 13.0 Å². The van der Waals surface area contributed by atoms with Gasteiger partial charge in [0.15, 0.2) is 0 Å². The van der Waals surface area contributed by atoms with Crippen molar-refractivity contribution in [3.05, 3.63) is 71.8 Å². The summed E-state index contributed by atoms with van der Waals surface area (Å²) in [4.78, 5) is 25.1. The summed E-state index contributed by atoms with van der Waals surface area (Å²) >= 11 is 0. The first-order chi connectivity index (χ1) is 12.0. The molecule has 0 aliphatic heterocycles. The maximum Gasteiger partial charge on any atom is 0.328 e. The lowest BCUT2D eigenvalue weighted by Crippen LogP contribution is -2.44. The molecule has 1 amide bonds. The number of carbonyl (C=O) groups is 2. The van der Waals surface area contributed by atoms with E-state index in [1.807, 2.05) is 74.5 Å². The van der Waals surface area contributed by atoms with Crippen LogP contribution in [0.1, 0.15) is 37.3 Å². The molecule has 0 saturated heterocycles. The molecular weight excluding hydrogens is 314 g/mol. The molecule has 0 bridgehead atoms. The molecule has 25 heavy (non-hydrogen) atoms. The molecule has 2 rings (SSSR count). The van der Waals surface area contributed by atoms with Crippen molar-refractivity contribution in [2.75, 3.05) is 7.11 Å². The highest BCUT2D eigenvalue weighted by molar-refractivity contribution is 5.91. The van der Waals surface area contributed by atoms with Gasteiger partial charge in [-0.15, -0.1) is 0 Å². The third-order valence-corrected chi connectivity index (χ3v) is 4.04. The lowest BCUT2D eigenvalue weighted by Gasteiger charge is -2.23. The van der Waals surface area contributed by atoms with Crippen molar-refractivity contribution in [2.45, 2.75) is 32.2 Å². The van der Waals surface area contributed by atoms with E-state index >= 15 is 0 Å². The zero-order valence-electron chi connectivity index (χ0n) is 14.9. The van der Waals surface area contributed by atoms with E-state index in [0.717, 1.165) is 11.1 Å². The van der Waals surface area contributed by atoms with Crippen LogP contribution in [0.5, 0.6) is 0 Å². The van der Waals surface area contributed by atoms with Crippen LogP contribution in [0.25, 0.3) is 0 Å². The van der Waals surface area contributed by atoms with Gasteiger partial charge in [0.25, 0.3) is 0 Å². The van der Waals surface area contributed by atoms with Crippen molar-refractivity contribution >= 4 is 11.9 Å². The molecule has 0 spiro atoms. The molecule has 0 radical (unpaired) electrons. The number of methoxy groups -OCH3 is 1. The highest BCUT2D eigenvalue weighted by Crippen LogP contribution is 2.25. The summed E-state index contributed by atoms with van der Waals surface area (Å²) in [6.45, 7) is 4.02. The first-order valence-corrected chi connectivity index (χ1v) is 8.51. The van der Waals surface area contributed by atoms with E-state index in [1.54, 1.807) is 0 Å². The third kappa shape index (κ3) is 5.18. The van der Waals surface area contributed by atoms with E-state index in [2.05, 4.69) is 5.32 Å². The average Bonchev–Trinajstić information content (AvgIpc) is 2.62. The normalized spacial score (nSPS) is 12.0. The first-order valence-electron chi connectivity index (χ1n) is 8.51. The monoisotopic (exact) mass is 339 g/mol. The van der Waals surface area contributed by atoms with Gasteiger partial charge in [-0.25, -0.2) is 4.79 Å². The number of esters is 1. The molecule has 4 nitrogen and oxygen atoms in total. The van der Waals surface area contributed by atoms with Gasteiger partial charge in [0.1, 0.15) is 6.04 Å². The van der Waals surface area contributed by atoms with Gasteiger partial charge in [0, 0.05) is 0 Å². The minimum absolute atomic E-state index is 0.201. The molecule has 132 valence electrons. The van der Waals surface area contributed by atoms with Gasteiger partial charge in [-0.2, -0.15) is 0 Å². The Morgan fingerprint density at radius 3 is 1.80 bits per heavy atom. The smallest absolute Gasteiger partial charge is 0.328 e. The van der Waals surface area contributed by atoms with Crippen molar-refractivity contribution in [1.82, 2.24) is 5.32 Å². The first kappa shape index (κ1) is 18.7. The molecular formula is C21H25NO3. The molecule has 2 aromatic rings. The van der Waals surface area contributed by atoms with Gasteiger partial charge in [-0.3, -0.25) is 4.79 Å². The molecule has 0 fully saturated rings. The summed E-state index contributed by atoms with van der Waals surface area (Å²) in [6, 6.07) is 18.5. The number of hydrogen-bond acceptors (Lipinski definition) is 3. The molecule has 0 saturated carbocycles. The second kappa shape index (κ2) is 9.02. The second-order valence-electron chi connectivity index (χ2n) is 6.47. The predicted octanol–water partition coefficient (Wildman–Crippen LogP) is 3.52. The van der Waals surface area contributed by atoms with Gasteiger partial charge in [-0.05, 0) is 23.5 Å². The van der Waals surface area contributed by atoms with E-state index in [-0.39, 0.29) is 11.8 Å². The maximum atomic E-state index is 13.0. The van der Waals surface area contributed by atoms with Crippen LogP contribution in [0.3, 0.4) is 0 Å². The molecule has 0 aliphatic carbocycles. The summed E-state index contributed by atoms with van der Waals surface area (Å²) in [5.74, 6) is -0.826. The molecule has 2 aromatic carbocycles. The second-order valence-corrected chi connectivity index (χ2v) is 6.47. The SMILES string of the molecule is COC(=O)C(CC(C)C)NC(=O)C(c1ccccc1)c1ccccc1. The lowest BCUT2D eigenvalue weighted by atomic mass is 9.90. The van der Waals surface area contributed by atoms with Gasteiger partial charge >= 0.3 is 5.97 Å². The summed E-state index contributed by atoms with van der Waals surface area (Å²) in [5.41, 5.74) is 1.78. The summed E-state index contributed by atoms with van der Waals surface area (Å²) < 4.78 is 4.85. The number of amides is 1. The van der Waals surface area contributed by atoms with E-state index in [4.69, 9.17) is 4.74 Å². The van der Waals surface area contributed by atoms with Crippen LogP contribution in [-0.4, -0.2) is 25.0 Å². The van der Waals surface area contributed by atoms with Crippen LogP contribution >= 0.6 is 0 Å². The minimum Gasteiger partial charge on any atom is -0.467 e. The van der Waals surface area contributed by atoms with Gasteiger partial charge in [0.2, 0.25) is 5.91 Å². The Labute approximate surface area is 149 Å². The zero-order valence-corrected chi connectivity index (χ0v) is 14.9. The molecule has 4 heteroatoms. The van der Waals surface area contributed by atoms with Crippen LogP contribution in [0.15, 0.2) is 60.7 Å². The predicted molar refractivity (Wildman–Crippen MR) is 98.1 cm³/mol. The molecule has 1 atom stereocenters. The van der Waals surface area contributed by atoms with Crippen LogP contribution in [-0.2, 0) is 14.3 Å². The van der Waals surface area contributed by atoms with Crippen molar-refractivity contribution in [3.8, 4) is 0 Å². The van der Waals surface area contributed by atoms with Crippen LogP contribution in [0.4, 0.5) is 0 Å². The maximum absolute atomic E-state index is 13.0. The van der Waals surface area contributed by atoms with Gasteiger partial charge < -0.3 is 10.1 Å². The van der Waals surface area contributed by atoms with Crippen LogP contribution in [0, 0.1) is 5.92 Å². The Morgan fingerprint density at radius 2 is 1.40 bits per heavy atom. The summed E-state index contributed by atoms with van der Waals surface area (Å²) in [5, 5.41) is 2.88. The van der Waals surface area contributed by atoms with Crippen molar-refractivity contribution < 1.29 is 14.3 Å². The Morgan fingerprint density at radius 1 is 0.920 bits per heavy atom. The highest BCUT2D eigenvalue weighted by Gasteiger charge is 2.28. The Balaban J connectivity index is 2.30. The fourth-order valence-corrected chi connectivity index (χ4v) is 2.87. The zero-order chi connectivity index (χ0) is 18.2. The largest absolute Gasteiger partial charge is 0.467 e. The quantitative estimate of drug-likeness (QED) is 0.785. The fourth-order valence-electron chi connectivity index (χ4n) is 2.87. The van der Waals surface area contributed by atoms with Crippen molar-refractivity contribution in [3.63, 3.8) is 0 Å². The molecule has 0 aliphatic rings. The van der Waals surface area contributed by atoms with Crippen LogP contribution < -0.4 is 5.32 Å². The Bertz CT molecular complexity index is 643. The third-order valence-electron chi connectivity index (χ3n) is 4.04.